The third-order valence-corrected chi connectivity index (χ3v) is 4.18. The molecule has 0 heterocycles. The van der Waals surface area contributed by atoms with E-state index >= 15 is 0 Å². The van der Waals surface area contributed by atoms with E-state index in [0.29, 0.717) is 11.8 Å². The number of rotatable bonds is 0. The van der Waals surface area contributed by atoms with Crippen LogP contribution >= 0.6 is 0 Å². The largest absolute Gasteiger partial charge is 0.0761 e. The highest BCUT2D eigenvalue weighted by Gasteiger charge is 2.31. The van der Waals surface area contributed by atoms with Crippen LogP contribution in [0.4, 0.5) is 0 Å². The molecule has 0 aromatic heterocycles. The SMILES string of the molecule is Cc1ccc2c3c(cccc13)C1C=CC=CC21. The molecule has 82 valence electrons. The summed E-state index contributed by atoms with van der Waals surface area (Å²) in [5, 5.41) is 2.93. The van der Waals surface area contributed by atoms with Gasteiger partial charge in [0.25, 0.3) is 0 Å². The van der Waals surface area contributed by atoms with Gasteiger partial charge in [-0.3, -0.25) is 0 Å². The molecule has 2 aliphatic carbocycles. The quantitative estimate of drug-likeness (QED) is 0.612. The van der Waals surface area contributed by atoms with Crippen molar-refractivity contribution in [3.63, 3.8) is 0 Å². The van der Waals surface area contributed by atoms with E-state index in [1.54, 1.807) is 0 Å². The second kappa shape index (κ2) is 3.10. The van der Waals surface area contributed by atoms with Gasteiger partial charge in [0.15, 0.2) is 0 Å². The lowest BCUT2D eigenvalue weighted by Gasteiger charge is -2.17. The van der Waals surface area contributed by atoms with Crippen LogP contribution in [0.3, 0.4) is 0 Å². The summed E-state index contributed by atoms with van der Waals surface area (Å²) in [6.07, 6.45) is 9.04. The minimum absolute atomic E-state index is 0.556. The zero-order valence-electron chi connectivity index (χ0n) is 9.85. The lowest BCUT2D eigenvalue weighted by Crippen LogP contribution is -2.01. The molecule has 0 bridgehead atoms. The van der Waals surface area contributed by atoms with Crippen molar-refractivity contribution in [2.45, 2.75) is 18.8 Å². The van der Waals surface area contributed by atoms with Crippen LogP contribution in [0, 0.1) is 6.92 Å². The van der Waals surface area contributed by atoms with Gasteiger partial charge in [0, 0.05) is 11.8 Å². The number of allylic oxidation sites excluding steroid dienone is 4. The van der Waals surface area contributed by atoms with Gasteiger partial charge in [-0.15, -0.1) is 0 Å². The number of hydrogen-bond donors (Lipinski definition) is 0. The van der Waals surface area contributed by atoms with E-state index in [1.165, 1.54) is 27.5 Å². The molecular weight excluding hydrogens is 204 g/mol. The molecule has 0 nitrogen and oxygen atoms in total. The Morgan fingerprint density at radius 1 is 0.824 bits per heavy atom. The smallest absolute Gasteiger partial charge is 0.0131 e. The Bertz CT molecular complexity index is 649. The summed E-state index contributed by atoms with van der Waals surface area (Å²) in [4.78, 5) is 0. The standard InChI is InChI=1S/C17H14/c1-11-9-10-16-14-6-3-2-5-13(14)15-8-4-7-12(11)17(15)16/h2-10,13-14H,1H3. The van der Waals surface area contributed by atoms with Gasteiger partial charge >= 0.3 is 0 Å². The molecule has 0 spiro atoms. The average molecular weight is 218 g/mol. The van der Waals surface area contributed by atoms with Crippen LogP contribution in [0.1, 0.15) is 28.5 Å². The first-order chi connectivity index (χ1) is 8.36. The Balaban J connectivity index is 2.16. The van der Waals surface area contributed by atoms with E-state index in [9.17, 15) is 0 Å². The summed E-state index contributed by atoms with van der Waals surface area (Å²) in [5.41, 5.74) is 4.40. The highest BCUT2D eigenvalue weighted by atomic mass is 14.3. The Labute approximate surface area is 101 Å². The Kier molecular flexibility index (Phi) is 1.69. The molecule has 0 N–H and O–H groups in total. The van der Waals surface area contributed by atoms with Crippen molar-refractivity contribution in [2.75, 3.05) is 0 Å². The lowest BCUT2D eigenvalue weighted by atomic mass is 9.86. The summed E-state index contributed by atoms with van der Waals surface area (Å²) in [7, 11) is 0. The van der Waals surface area contributed by atoms with Crippen LogP contribution in [0.25, 0.3) is 10.8 Å². The molecule has 2 unspecified atom stereocenters. The van der Waals surface area contributed by atoms with Crippen molar-refractivity contribution >= 4 is 10.8 Å². The first kappa shape index (κ1) is 9.23. The van der Waals surface area contributed by atoms with Crippen molar-refractivity contribution < 1.29 is 0 Å². The van der Waals surface area contributed by atoms with Gasteiger partial charge in [0.05, 0.1) is 0 Å². The third kappa shape index (κ3) is 1.08. The first-order valence-corrected chi connectivity index (χ1v) is 6.23. The maximum atomic E-state index is 2.34. The number of hydrogen-bond acceptors (Lipinski definition) is 0. The molecule has 2 atom stereocenters. The van der Waals surface area contributed by atoms with Crippen molar-refractivity contribution in [1.82, 2.24) is 0 Å². The lowest BCUT2D eigenvalue weighted by molar-refractivity contribution is 0.768. The minimum atomic E-state index is 0.556. The highest BCUT2D eigenvalue weighted by molar-refractivity contribution is 5.95. The molecule has 2 aliphatic rings. The summed E-state index contributed by atoms with van der Waals surface area (Å²) < 4.78 is 0. The number of fused-ring (bicyclic) bond motifs is 3. The molecule has 0 amide bonds. The van der Waals surface area contributed by atoms with E-state index in [2.05, 4.69) is 61.6 Å². The second-order valence-electron chi connectivity index (χ2n) is 5.06. The normalized spacial score (nSPS) is 24.3. The molecule has 4 rings (SSSR count). The molecule has 0 fully saturated rings. The monoisotopic (exact) mass is 218 g/mol. The van der Waals surface area contributed by atoms with Crippen LogP contribution in [0.5, 0.6) is 0 Å². The maximum absolute atomic E-state index is 2.34. The van der Waals surface area contributed by atoms with Gasteiger partial charge in [-0.2, -0.15) is 0 Å². The zero-order chi connectivity index (χ0) is 11.4. The molecule has 0 radical (unpaired) electrons. The topological polar surface area (TPSA) is 0 Å². The molecule has 0 saturated heterocycles. The van der Waals surface area contributed by atoms with Crippen LogP contribution in [0.15, 0.2) is 54.6 Å². The van der Waals surface area contributed by atoms with E-state index in [0.717, 1.165) is 0 Å². The van der Waals surface area contributed by atoms with E-state index in [1.807, 2.05) is 0 Å². The average Bonchev–Trinajstić information content (AvgIpc) is 2.70. The van der Waals surface area contributed by atoms with E-state index in [4.69, 9.17) is 0 Å². The Morgan fingerprint density at radius 3 is 2.29 bits per heavy atom. The number of aryl methyl sites for hydroxylation is 1. The van der Waals surface area contributed by atoms with Crippen molar-refractivity contribution in [3.8, 4) is 0 Å². The fourth-order valence-electron chi connectivity index (χ4n) is 3.37. The van der Waals surface area contributed by atoms with E-state index in [-0.39, 0.29) is 0 Å². The minimum Gasteiger partial charge on any atom is -0.0761 e. The predicted molar refractivity (Wildman–Crippen MR) is 72.4 cm³/mol. The maximum Gasteiger partial charge on any atom is 0.0131 e. The third-order valence-electron chi connectivity index (χ3n) is 4.18. The second-order valence-corrected chi connectivity index (χ2v) is 5.06. The summed E-state index contributed by atoms with van der Waals surface area (Å²) in [6.45, 7) is 2.20. The van der Waals surface area contributed by atoms with Gasteiger partial charge in [0.2, 0.25) is 0 Å². The molecule has 2 aromatic carbocycles. The molecule has 2 aromatic rings. The number of benzene rings is 2. The molecule has 0 heteroatoms. The summed E-state index contributed by atoms with van der Waals surface area (Å²) in [6, 6.07) is 11.3. The van der Waals surface area contributed by atoms with Crippen LogP contribution in [-0.2, 0) is 0 Å². The fraction of sp³-hybridized carbons (Fsp3) is 0.176. The van der Waals surface area contributed by atoms with Crippen LogP contribution < -0.4 is 0 Å². The molecule has 0 aliphatic heterocycles. The zero-order valence-corrected chi connectivity index (χ0v) is 9.85. The van der Waals surface area contributed by atoms with Gasteiger partial charge in [0.1, 0.15) is 0 Å². The predicted octanol–water partition coefficient (Wildman–Crippen LogP) is 4.46. The van der Waals surface area contributed by atoms with Gasteiger partial charge in [-0.1, -0.05) is 54.6 Å². The first-order valence-electron chi connectivity index (χ1n) is 6.23. The molecule has 17 heavy (non-hydrogen) atoms. The summed E-state index contributed by atoms with van der Waals surface area (Å²) >= 11 is 0. The Hall–Kier alpha value is -1.82. The van der Waals surface area contributed by atoms with Gasteiger partial charge < -0.3 is 0 Å². The van der Waals surface area contributed by atoms with Crippen molar-refractivity contribution in [2.24, 2.45) is 0 Å². The summed E-state index contributed by atoms with van der Waals surface area (Å²) in [5.74, 6) is 1.11. The van der Waals surface area contributed by atoms with Crippen LogP contribution in [0.2, 0.25) is 0 Å². The highest BCUT2D eigenvalue weighted by Crippen LogP contribution is 2.49. The van der Waals surface area contributed by atoms with Gasteiger partial charge in [-0.05, 0) is 34.4 Å². The van der Waals surface area contributed by atoms with E-state index < -0.39 is 0 Å². The molecular formula is C17H14. The van der Waals surface area contributed by atoms with Crippen molar-refractivity contribution in [3.05, 3.63) is 71.3 Å². The van der Waals surface area contributed by atoms with Gasteiger partial charge in [-0.25, -0.2) is 0 Å². The Morgan fingerprint density at radius 2 is 1.53 bits per heavy atom. The molecule has 0 saturated carbocycles. The fourth-order valence-corrected chi connectivity index (χ4v) is 3.37. The van der Waals surface area contributed by atoms with Crippen molar-refractivity contribution in [1.29, 1.82) is 0 Å². The van der Waals surface area contributed by atoms with Crippen LogP contribution in [-0.4, -0.2) is 0 Å².